The van der Waals surface area contributed by atoms with E-state index in [4.69, 9.17) is 13.9 Å². The molecule has 0 unspecified atom stereocenters. The molecule has 6 heteroatoms. The van der Waals surface area contributed by atoms with Crippen molar-refractivity contribution in [2.45, 2.75) is 45.4 Å². The van der Waals surface area contributed by atoms with Crippen molar-refractivity contribution in [2.24, 2.45) is 0 Å². The van der Waals surface area contributed by atoms with E-state index >= 15 is 0 Å². The quantitative estimate of drug-likeness (QED) is 0.249. The van der Waals surface area contributed by atoms with Crippen LogP contribution in [0.4, 0.5) is 0 Å². The molecule has 1 heterocycles. The van der Waals surface area contributed by atoms with E-state index in [1.807, 2.05) is 36.4 Å². The molecule has 0 saturated heterocycles. The molecule has 0 aliphatic carbocycles. The van der Waals surface area contributed by atoms with E-state index in [1.54, 1.807) is 26.2 Å². The molecule has 0 amide bonds. The zero-order chi connectivity index (χ0) is 21.9. The number of carbonyl (C=O) groups is 1. The summed E-state index contributed by atoms with van der Waals surface area (Å²) in [7, 11) is 1.75. The molecular weight excluding hydrogens is 392 g/mol. The van der Waals surface area contributed by atoms with Crippen molar-refractivity contribution >= 4 is 5.78 Å². The van der Waals surface area contributed by atoms with Gasteiger partial charge in [0.2, 0.25) is 11.8 Å². The molecule has 0 radical (unpaired) electrons. The first-order valence-electron chi connectivity index (χ1n) is 10.8. The number of benzene rings is 2. The lowest BCUT2D eigenvalue weighted by atomic mass is 10.1. The van der Waals surface area contributed by atoms with Gasteiger partial charge in [-0.2, -0.15) is 0 Å². The highest BCUT2D eigenvalue weighted by atomic mass is 16.5. The lowest BCUT2D eigenvalue weighted by Gasteiger charge is -2.06. The predicted molar refractivity (Wildman–Crippen MR) is 120 cm³/mol. The molecule has 0 fully saturated rings. The second-order valence-corrected chi connectivity index (χ2v) is 7.53. The van der Waals surface area contributed by atoms with Crippen LogP contribution in [0.25, 0.3) is 22.9 Å². The minimum absolute atomic E-state index is 0.0259. The fourth-order valence-corrected chi connectivity index (χ4v) is 3.24. The topological polar surface area (TPSA) is 74.5 Å². The number of aromatic nitrogens is 2. The zero-order valence-electron chi connectivity index (χ0n) is 18.3. The number of ether oxygens (including phenoxy) is 2. The first kappa shape index (κ1) is 22.7. The summed E-state index contributed by atoms with van der Waals surface area (Å²) in [6, 6.07) is 14.8. The third-order valence-corrected chi connectivity index (χ3v) is 5.08. The van der Waals surface area contributed by atoms with Gasteiger partial charge >= 0.3 is 0 Å². The minimum atomic E-state index is 0.0259. The summed E-state index contributed by atoms with van der Waals surface area (Å²) < 4.78 is 16.7. The highest BCUT2D eigenvalue weighted by Gasteiger charge is 2.11. The number of Topliss-reactive ketones (excluding diaryl/α,β-unsaturated/α-hetero) is 1. The smallest absolute Gasteiger partial charge is 0.248 e. The molecule has 0 saturated carbocycles. The van der Waals surface area contributed by atoms with E-state index in [-0.39, 0.29) is 5.78 Å². The average molecular weight is 423 g/mol. The van der Waals surface area contributed by atoms with Gasteiger partial charge in [0.25, 0.3) is 0 Å². The van der Waals surface area contributed by atoms with E-state index in [0.717, 1.165) is 42.9 Å². The molecule has 2 aromatic carbocycles. The normalized spacial score (nSPS) is 10.9. The monoisotopic (exact) mass is 422 g/mol. The Kier molecular flexibility index (Phi) is 8.79. The Morgan fingerprint density at radius 3 is 1.84 bits per heavy atom. The summed E-state index contributed by atoms with van der Waals surface area (Å²) in [6.07, 6.45) is 7.11. The first-order valence-corrected chi connectivity index (χ1v) is 10.8. The molecule has 3 rings (SSSR count). The summed E-state index contributed by atoms with van der Waals surface area (Å²) in [5.74, 6) is 1.74. The molecule has 1 aromatic heterocycles. The van der Waals surface area contributed by atoms with Gasteiger partial charge < -0.3 is 13.9 Å². The Morgan fingerprint density at radius 1 is 0.774 bits per heavy atom. The van der Waals surface area contributed by atoms with E-state index < -0.39 is 0 Å². The number of unbranched alkanes of at least 4 members (excludes halogenated alkanes) is 5. The third-order valence-electron chi connectivity index (χ3n) is 5.08. The van der Waals surface area contributed by atoms with Crippen LogP contribution in [-0.4, -0.2) is 36.3 Å². The summed E-state index contributed by atoms with van der Waals surface area (Å²) in [4.78, 5) is 11.4. The molecule has 0 aliphatic heterocycles. The number of carbonyl (C=O) groups excluding carboxylic acids is 1. The Bertz CT molecular complexity index is 933. The second-order valence-electron chi connectivity index (χ2n) is 7.53. The third kappa shape index (κ3) is 7.03. The van der Waals surface area contributed by atoms with Gasteiger partial charge in [0.15, 0.2) is 5.78 Å². The minimum Gasteiger partial charge on any atom is -0.494 e. The van der Waals surface area contributed by atoms with Gasteiger partial charge in [-0.3, -0.25) is 4.79 Å². The van der Waals surface area contributed by atoms with Crippen LogP contribution in [0.3, 0.4) is 0 Å². The molecular formula is C25H30N2O4. The molecule has 0 aliphatic rings. The van der Waals surface area contributed by atoms with Crippen LogP contribution in [0.1, 0.15) is 55.8 Å². The summed E-state index contributed by atoms with van der Waals surface area (Å²) in [5, 5.41) is 8.26. The highest BCUT2D eigenvalue weighted by Crippen LogP contribution is 2.26. The average Bonchev–Trinajstić information content (AvgIpc) is 3.29. The van der Waals surface area contributed by atoms with Crippen LogP contribution < -0.4 is 4.74 Å². The summed E-state index contributed by atoms with van der Waals surface area (Å²) in [5.41, 5.74) is 2.27. The van der Waals surface area contributed by atoms with Crippen molar-refractivity contribution in [3.8, 4) is 28.7 Å². The lowest BCUT2D eigenvalue weighted by molar-refractivity contribution is 0.101. The summed E-state index contributed by atoms with van der Waals surface area (Å²) >= 11 is 0. The maximum Gasteiger partial charge on any atom is 0.248 e. The van der Waals surface area contributed by atoms with Crippen molar-refractivity contribution in [1.29, 1.82) is 0 Å². The van der Waals surface area contributed by atoms with Crippen LogP contribution in [0.15, 0.2) is 52.9 Å². The van der Waals surface area contributed by atoms with Crippen LogP contribution in [0, 0.1) is 0 Å². The Hall–Kier alpha value is -2.99. The maximum absolute atomic E-state index is 11.4. The van der Waals surface area contributed by atoms with Gasteiger partial charge in [-0.25, -0.2) is 0 Å². The summed E-state index contributed by atoms with van der Waals surface area (Å²) in [6.45, 7) is 3.12. The van der Waals surface area contributed by atoms with Crippen molar-refractivity contribution in [1.82, 2.24) is 10.2 Å². The Balaban J connectivity index is 1.44. The Morgan fingerprint density at radius 2 is 1.29 bits per heavy atom. The van der Waals surface area contributed by atoms with Gasteiger partial charge in [-0.15, -0.1) is 10.2 Å². The molecule has 164 valence electrons. The fraction of sp³-hybridized carbons (Fsp3) is 0.400. The number of nitrogens with zero attached hydrogens (tertiary/aromatic N) is 2. The second kappa shape index (κ2) is 12.0. The number of methoxy groups -OCH3 is 1. The van der Waals surface area contributed by atoms with Crippen LogP contribution in [0.5, 0.6) is 5.75 Å². The first-order chi connectivity index (χ1) is 15.2. The largest absolute Gasteiger partial charge is 0.494 e. The number of rotatable bonds is 13. The standard InChI is InChI=1S/C25H30N2O4/c1-19(28)20-9-11-21(12-10-20)24-26-27-25(31-24)22-13-15-23(16-14-22)30-18-8-6-4-3-5-7-17-29-2/h9-16H,3-8,17-18H2,1-2H3. The SMILES string of the molecule is COCCCCCCCCOc1ccc(-c2nnc(-c3ccc(C(C)=O)cc3)o2)cc1. The van der Waals surface area contributed by atoms with Crippen LogP contribution >= 0.6 is 0 Å². The molecule has 31 heavy (non-hydrogen) atoms. The van der Waals surface area contributed by atoms with Crippen molar-refractivity contribution in [3.63, 3.8) is 0 Å². The van der Waals surface area contributed by atoms with Gasteiger partial charge in [0.1, 0.15) is 5.75 Å². The van der Waals surface area contributed by atoms with Gasteiger partial charge in [-0.05, 0) is 56.2 Å². The van der Waals surface area contributed by atoms with Crippen molar-refractivity contribution in [3.05, 3.63) is 54.1 Å². The maximum atomic E-state index is 11.4. The fourth-order valence-electron chi connectivity index (χ4n) is 3.24. The van der Waals surface area contributed by atoms with E-state index in [0.29, 0.717) is 17.3 Å². The zero-order valence-corrected chi connectivity index (χ0v) is 18.3. The van der Waals surface area contributed by atoms with Gasteiger partial charge in [-0.1, -0.05) is 37.8 Å². The number of hydrogen-bond acceptors (Lipinski definition) is 6. The molecule has 0 atom stereocenters. The van der Waals surface area contributed by atoms with E-state index in [1.165, 1.54) is 25.7 Å². The molecule has 0 spiro atoms. The number of ketones is 1. The molecule has 0 bridgehead atoms. The Labute approximate surface area is 183 Å². The molecule has 0 N–H and O–H groups in total. The molecule has 6 nitrogen and oxygen atoms in total. The van der Waals surface area contributed by atoms with E-state index in [9.17, 15) is 4.79 Å². The van der Waals surface area contributed by atoms with Crippen LogP contribution in [0.2, 0.25) is 0 Å². The van der Waals surface area contributed by atoms with Gasteiger partial charge in [0, 0.05) is 30.4 Å². The predicted octanol–water partition coefficient (Wildman–Crippen LogP) is 5.97. The number of hydrogen-bond donors (Lipinski definition) is 0. The van der Waals surface area contributed by atoms with Crippen molar-refractivity contribution in [2.75, 3.05) is 20.3 Å². The van der Waals surface area contributed by atoms with Gasteiger partial charge in [0.05, 0.1) is 6.61 Å². The van der Waals surface area contributed by atoms with Crippen molar-refractivity contribution < 1.29 is 18.7 Å². The van der Waals surface area contributed by atoms with E-state index in [2.05, 4.69) is 10.2 Å². The lowest BCUT2D eigenvalue weighted by Crippen LogP contribution is -1.97. The highest BCUT2D eigenvalue weighted by molar-refractivity contribution is 5.94. The molecule has 3 aromatic rings. The van der Waals surface area contributed by atoms with Crippen LogP contribution in [-0.2, 0) is 4.74 Å².